The van der Waals surface area contributed by atoms with Crippen molar-refractivity contribution in [1.29, 1.82) is 0 Å². The summed E-state index contributed by atoms with van der Waals surface area (Å²) in [6.45, 7) is 0. The van der Waals surface area contributed by atoms with E-state index >= 15 is 0 Å². The van der Waals surface area contributed by atoms with Gasteiger partial charge in [-0.2, -0.15) is 0 Å². The molecule has 2 aromatic rings. The van der Waals surface area contributed by atoms with E-state index in [-0.39, 0.29) is 5.52 Å². The largest absolute Gasteiger partial charge is 0.477 e. The third-order valence-electron chi connectivity index (χ3n) is 2.60. The van der Waals surface area contributed by atoms with Crippen LogP contribution in [-0.2, 0) is 0 Å². The van der Waals surface area contributed by atoms with Gasteiger partial charge in [-0.15, -0.1) is 0 Å². The Bertz CT molecular complexity index is 693. The Morgan fingerprint density at radius 1 is 1.21 bits per heavy atom. The Balaban J connectivity index is 2.94. The zero-order valence-electron chi connectivity index (χ0n) is 9.10. The van der Waals surface area contributed by atoms with Crippen LogP contribution in [0.4, 0.5) is 18.0 Å². The number of alkyl halides is 2. The van der Waals surface area contributed by atoms with E-state index in [1.807, 2.05) is 0 Å². The minimum absolute atomic E-state index is 0.304. The van der Waals surface area contributed by atoms with Crippen molar-refractivity contribution in [1.82, 2.24) is 4.57 Å². The zero-order chi connectivity index (χ0) is 14.3. The second kappa shape index (κ2) is 4.30. The quantitative estimate of drug-likeness (QED) is 0.881. The van der Waals surface area contributed by atoms with Gasteiger partial charge in [0.1, 0.15) is 11.5 Å². The summed E-state index contributed by atoms with van der Waals surface area (Å²) in [4.78, 5) is 21.9. The molecule has 0 saturated carbocycles. The number of carboxylic acid groups (broad SMARTS) is 2. The number of halogens is 3. The average Bonchev–Trinajstić information content (AvgIpc) is 2.67. The van der Waals surface area contributed by atoms with Crippen molar-refractivity contribution < 1.29 is 33.0 Å². The SMILES string of the molecule is O=C(O)c1cc2c(C(F)F)c(F)ccc2n1C(=O)O. The van der Waals surface area contributed by atoms with Crippen LogP contribution >= 0.6 is 0 Å². The monoisotopic (exact) mass is 273 g/mol. The number of aromatic nitrogens is 1. The molecule has 0 fully saturated rings. The first kappa shape index (κ1) is 12.9. The highest BCUT2D eigenvalue weighted by Crippen LogP contribution is 2.32. The predicted molar refractivity (Wildman–Crippen MR) is 57.2 cm³/mol. The fraction of sp³-hybridized carbons (Fsp3) is 0.0909. The lowest BCUT2D eigenvalue weighted by molar-refractivity contribution is 0.0684. The minimum Gasteiger partial charge on any atom is -0.477 e. The molecule has 2 N–H and O–H groups in total. The molecule has 0 aliphatic heterocycles. The standard InChI is InChI=1S/C11H6F3NO4/c12-5-1-2-6-4(8(5)9(13)14)3-7(10(16)17)15(6)11(18)19/h1-3,9H,(H,16,17)(H,18,19). The Morgan fingerprint density at radius 3 is 2.32 bits per heavy atom. The molecule has 0 amide bonds. The lowest BCUT2D eigenvalue weighted by atomic mass is 10.1. The van der Waals surface area contributed by atoms with E-state index in [1.165, 1.54) is 0 Å². The molecule has 2 rings (SSSR count). The average molecular weight is 273 g/mol. The summed E-state index contributed by atoms with van der Waals surface area (Å²) in [7, 11) is 0. The fourth-order valence-electron chi connectivity index (χ4n) is 1.86. The number of carboxylic acids is 1. The maximum atomic E-state index is 13.3. The maximum Gasteiger partial charge on any atom is 0.416 e. The summed E-state index contributed by atoms with van der Waals surface area (Å²) >= 11 is 0. The molecule has 0 unspecified atom stereocenters. The summed E-state index contributed by atoms with van der Waals surface area (Å²) in [5.74, 6) is -2.83. The van der Waals surface area contributed by atoms with Crippen molar-refractivity contribution in [2.75, 3.05) is 0 Å². The van der Waals surface area contributed by atoms with Crippen molar-refractivity contribution in [3.63, 3.8) is 0 Å². The van der Waals surface area contributed by atoms with E-state index in [4.69, 9.17) is 10.2 Å². The topological polar surface area (TPSA) is 79.5 Å². The molecule has 8 heteroatoms. The lowest BCUT2D eigenvalue weighted by Gasteiger charge is -2.05. The molecule has 1 aromatic carbocycles. The van der Waals surface area contributed by atoms with Gasteiger partial charge in [0.05, 0.1) is 11.1 Å². The molecule has 100 valence electrons. The smallest absolute Gasteiger partial charge is 0.416 e. The van der Waals surface area contributed by atoms with Crippen LogP contribution < -0.4 is 0 Å². The molecule has 0 spiro atoms. The summed E-state index contributed by atoms with van der Waals surface area (Å²) < 4.78 is 39.2. The van der Waals surface area contributed by atoms with Crippen LogP contribution in [0.3, 0.4) is 0 Å². The third kappa shape index (κ3) is 1.90. The molecule has 19 heavy (non-hydrogen) atoms. The van der Waals surface area contributed by atoms with Crippen LogP contribution in [0.2, 0.25) is 0 Å². The minimum atomic E-state index is -3.19. The highest BCUT2D eigenvalue weighted by atomic mass is 19.3. The van der Waals surface area contributed by atoms with E-state index in [9.17, 15) is 22.8 Å². The molecule has 5 nitrogen and oxygen atoms in total. The van der Waals surface area contributed by atoms with Crippen molar-refractivity contribution in [3.8, 4) is 0 Å². The van der Waals surface area contributed by atoms with Crippen LogP contribution in [-0.4, -0.2) is 26.8 Å². The van der Waals surface area contributed by atoms with Gasteiger partial charge in [0, 0.05) is 5.39 Å². The van der Waals surface area contributed by atoms with Crippen LogP contribution in [0.1, 0.15) is 22.5 Å². The molecule has 1 heterocycles. The molecule has 0 atom stereocenters. The van der Waals surface area contributed by atoms with Gasteiger partial charge in [-0.05, 0) is 18.2 Å². The summed E-state index contributed by atoms with van der Waals surface area (Å²) in [5, 5.41) is 17.3. The third-order valence-corrected chi connectivity index (χ3v) is 2.60. The molecule has 0 saturated heterocycles. The Morgan fingerprint density at radius 2 is 1.84 bits per heavy atom. The van der Waals surface area contributed by atoms with Crippen molar-refractivity contribution in [3.05, 3.63) is 35.3 Å². The second-order valence-corrected chi connectivity index (χ2v) is 3.65. The van der Waals surface area contributed by atoms with Crippen molar-refractivity contribution in [2.24, 2.45) is 0 Å². The molecule has 1 aromatic heterocycles. The molecular formula is C11H6F3NO4. The van der Waals surface area contributed by atoms with Gasteiger partial charge in [0.15, 0.2) is 0 Å². The molecule has 0 radical (unpaired) electrons. The van der Waals surface area contributed by atoms with E-state index in [2.05, 4.69) is 0 Å². The molecule has 0 bridgehead atoms. The maximum absolute atomic E-state index is 13.3. The zero-order valence-corrected chi connectivity index (χ0v) is 9.10. The van der Waals surface area contributed by atoms with E-state index < -0.39 is 40.9 Å². The Hall–Kier alpha value is -2.51. The summed E-state index contributed by atoms with van der Waals surface area (Å²) in [6, 6.07) is 2.34. The number of rotatable bonds is 2. The number of hydrogen-bond acceptors (Lipinski definition) is 2. The van der Waals surface area contributed by atoms with E-state index in [1.54, 1.807) is 0 Å². The molecule has 0 aliphatic rings. The number of fused-ring (bicyclic) bond motifs is 1. The highest BCUT2D eigenvalue weighted by molar-refractivity contribution is 6.01. The van der Waals surface area contributed by atoms with Gasteiger partial charge in [-0.25, -0.2) is 27.3 Å². The van der Waals surface area contributed by atoms with Gasteiger partial charge in [0.25, 0.3) is 6.43 Å². The van der Waals surface area contributed by atoms with Gasteiger partial charge in [-0.1, -0.05) is 0 Å². The first-order chi connectivity index (χ1) is 8.84. The van der Waals surface area contributed by atoms with Crippen molar-refractivity contribution >= 4 is 23.0 Å². The van der Waals surface area contributed by atoms with E-state index in [0.717, 1.165) is 12.1 Å². The number of hydrogen-bond donors (Lipinski definition) is 2. The summed E-state index contributed by atoms with van der Waals surface area (Å²) in [6.07, 6.45) is -4.84. The first-order valence-corrected chi connectivity index (χ1v) is 4.93. The Labute approximate surface area is 103 Å². The summed E-state index contributed by atoms with van der Waals surface area (Å²) in [5.41, 5.74) is -2.04. The number of nitrogens with zero attached hydrogens (tertiary/aromatic N) is 1. The number of benzene rings is 1. The Kier molecular flexibility index (Phi) is 2.93. The van der Waals surface area contributed by atoms with Gasteiger partial charge < -0.3 is 10.2 Å². The fourth-order valence-corrected chi connectivity index (χ4v) is 1.86. The predicted octanol–water partition coefficient (Wildman–Crippen LogP) is 2.94. The van der Waals surface area contributed by atoms with Gasteiger partial charge >= 0.3 is 12.1 Å². The number of carbonyl (C=O) groups is 2. The van der Waals surface area contributed by atoms with Gasteiger partial charge in [-0.3, -0.25) is 0 Å². The lowest BCUT2D eigenvalue weighted by Crippen LogP contribution is -2.14. The first-order valence-electron chi connectivity index (χ1n) is 4.93. The molecule has 0 aliphatic carbocycles. The second-order valence-electron chi connectivity index (χ2n) is 3.65. The van der Waals surface area contributed by atoms with E-state index in [0.29, 0.717) is 10.6 Å². The van der Waals surface area contributed by atoms with Crippen LogP contribution in [0.5, 0.6) is 0 Å². The number of aromatic carboxylic acids is 1. The molecular weight excluding hydrogens is 267 g/mol. The van der Waals surface area contributed by atoms with Crippen molar-refractivity contribution in [2.45, 2.75) is 6.43 Å². The van der Waals surface area contributed by atoms with Crippen LogP contribution in [0.15, 0.2) is 18.2 Å². The normalized spacial score (nSPS) is 11.2. The highest BCUT2D eigenvalue weighted by Gasteiger charge is 2.25. The van der Waals surface area contributed by atoms with Crippen LogP contribution in [0, 0.1) is 5.82 Å². The van der Waals surface area contributed by atoms with Crippen LogP contribution in [0.25, 0.3) is 10.9 Å². The van der Waals surface area contributed by atoms with Gasteiger partial charge in [0.2, 0.25) is 0 Å².